The first-order valence-electron chi connectivity index (χ1n) is 8.68. The number of aromatic carboxylic acids is 1. The molecule has 0 radical (unpaired) electrons. The number of carbonyl (C=O) groups excluding carboxylic acids is 1. The molecule has 140 valence electrons. The second-order valence-electron chi connectivity index (χ2n) is 7.38. The molecular weight excluding hydrogens is 366 g/mol. The van der Waals surface area contributed by atoms with Crippen LogP contribution in [0.4, 0.5) is 5.69 Å². The van der Waals surface area contributed by atoms with Gasteiger partial charge >= 0.3 is 5.97 Å². The third kappa shape index (κ3) is 3.02. The number of hydrogen-bond acceptors (Lipinski definition) is 4. The second-order valence-corrected chi connectivity index (χ2v) is 9.40. The van der Waals surface area contributed by atoms with E-state index in [1.165, 1.54) is 23.3 Å². The first-order valence-corrected chi connectivity index (χ1v) is 10.6. The van der Waals surface area contributed by atoms with E-state index in [2.05, 4.69) is 17.4 Å². The number of sulfone groups is 1. The fourth-order valence-corrected chi connectivity index (χ4v) is 4.86. The maximum absolute atomic E-state index is 12.8. The molecule has 2 aromatic rings. The van der Waals surface area contributed by atoms with Gasteiger partial charge in [-0.25, -0.2) is 13.2 Å². The van der Waals surface area contributed by atoms with E-state index in [0.29, 0.717) is 0 Å². The highest BCUT2D eigenvalue weighted by Crippen LogP contribution is 2.61. The summed E-state index contributed by atoms with van der Waals surface area (Å²) in [5, 5.41) is 12.0. The Bertz CT molecular complexity index is 1080. The van der Waals surface area contributed by atoms with Crippen LogP contribution >= 0.6 is 0 Å². The van der Waals surface area contributed by atoms with Gasteiger partial charge in [0.2, 0.25) is 5.91 Å². The zero-order chi connectivity index (χ0) is 19.4. The van der Waals surface area contributed by atoms with Crippen LogP contribution in [0, 0.1) is 5.92 Å². The van der Waals surface area contributed by atoms with Crippen LogP contribution < -0.4 is 5.32 Å². The molecule has 2 aliphatic rings. The largest absolute Gasteiger partial charge is 0.478 e. The maximum atomic E-state index is 12.8. The third-order valence-corrected chi connectivity index (χ3v) is 6.73. The number of carboxylic acid groups (broad SMARTS) is 1. The van der Waals surface area contributed by atoms with Crippen molar-refractivity contribution in [2.24, 2.45) is 5.92 Å². The minimum absolute atomic E-state index is 0.130. The molecule has 2 aromatic carbocycles. The van der Waals surface area contributed by atoms with E-state index < -0.39 is 15.8 Å². The summed E-state index contributed by atoms with van der Waals surface area (Å²) >= 11 is 0. The number of rotatable bonds is 4. The number of carboxylic acids is 1. The molecule has 1 spiro atoms. The van der Waals surface area contributed by atoms with Crippen LogP contribution in [0.1, 0.15) is 34.3 Å². The van der Waals surface area contributed by atoms with Crippen molar-refractivity contribution in [1.82, 2.24) is 0 Å². The highest BCUT2D eigenvalue weighted by molar-refractivity contribution is 7.90. The third-order valence-electron chi connectivity index (χ3n) is 5.64. The van der Waals surface area contributed by atoms with Crippen LogP contribution in [-0.2, 0) is 26.5 Å². The van der Waals surface area contributed by atoms with Crippen molar-refractivity contribution in [2.45, 2.75) is 29.6 Å². The fourth-order valence-electron chi connectivity index (χ4n) is 4.18. The van der Waals surface area contributed by atoms with Gasteiger partial charge in [-0.2, -0.15) is 0 Å². The Hall–Kier alpha value is -2.67. The number of carbonyl (C=O) groups is 2. The van der Waals surface area contributed by atoms with Crippen LogP contribution in [0.5, 0.6) is 0 Å². The van der Waals surface area contributed by atoms with E-state index in [4.69, 9.17) is 0 Å². The Labute approximate surface area is 157 Å². The lowest BCUT2D eigenvalue weighted by atomic mass is 9.95. The second kappa shape index (κ2) is 5.92. The summed E-state index contributed by atoms with van der Waals surface area (Å²) in [7, 11) is -3.60. The van der Waals surface area contributed by atoms with Crippen LogP contribution in [0.15, 0.2) is 47.4 Å². The Morgan fingerprint density at radius 2 is 1.93 bits per heavy atom. The minimum Gasteiger partial charge on any atom is -0.478 e. The average Bonchev–Trinajstić information content (AvgIpc) is 3.23. The molecule has 1 saturated carbocycles. The van der Waals surface area contributed by atoms with Gasteiger partial charge in [-0.3, -0.25) is 4.79 Å². The summed E-state index contributed by atoms with van der Waals surface area (Å²) < 4.78 is 23.7. The Balaban J connectivity index is 1.60. The lowest BCUT2D eigenvalue weighted by Gasteiger charge is -2.13. The molecule has 1 amide bonds. The van der Waals surface area contributed by atoms with Crippen molar-refractivity contribution in [2.75, 3.05) is 11.6 Å². The quantitative estimate of drug-likeness (QED) is 0.843. The van der Waals surface area contributed by atoms with Gasteiger partial charge in [0.25, 0.3) is 0 Å². The summed E-state index contributed by atoms with van der Waals surface area (Å²) in [5.41, 5.74) is 2.38. The number of fused-ring (bicyclic) bond motifs is 2. The lowest BCUT2D eigenvalue weighted by molar-refractivity contribution is -0.117. The van der Waals surface area contributed by atoms with Crippen molar-refractivity contribution < 1.29 is 23.1 Å². The van der Waals surface area contributed by atoms with Crippen molar-refractivity contribution in [3.05, 3.63) is 59.2 Å². The Kier molecular flexibility index (Phi) is 3.89. The molecule has 0 saturated heterocycles. The molecule has 0 aromatic heterocycles. The van der Waals surface area contributed by atoms with Crippen molar-refractivity contribution >= 4 is 27.4 Å². The maximum Gasteiger partial charge on any atom is 0.335 e. The molecule has 0 bridgehead atoms. The summed E-state index contributed by atoms with van der Waals surface area (Å²) in [6.07, 6.45) is 3.64. The molecule has 2 atom stereocenters. The monoisotopic (exact) mass is 385 g/mol. The predicted molar refractivity (Wildman–Crippen MR) is 99.7 cm³/mol. The molecule has 7 heteroatoms. The smallest absolute Gasteiger partial charge is 0.335 e. The van der Waals surface area contributed by atoms with E-state index in [-0.39, 0.29) is 33.4 Å². The number of benzene rings is 2. The molecule has 4 rings (SSSR count). The van der Waals surface area contributed by atoms with E-state index in [9.17, 15) is 23.1 Å². The van der Waals surface area contributed by atoms with Gasteiger partial charge in [0.15, 0.2) is 9.84 Å². The molecule has 0 heterocycles. The standard InChI is InChI=1S/C20H19NO5S/c1-27(25,26)15-9-13(19(23)24)8-14(10-15)21-18(22)17-11-20(17)7-6-12-4-2-3-5-16(12)20/h2-5,8-10,17H,6-7,11H2,1H3,(H,21,22)(H,23,24). The van der Waals surface area contributed by atoms with Crippen LogP contribution in [-0.4, -0.2) is 31.7 Å². The van der Waals surface area contributed by atoms with Gasteiger partial charge < -0.3 is 10.4 Å². The Morgan fingerprint density at radius 3 is 2.63 bits per heavy atom. The summed E-state index contributed by atoms with van der Waals surface area (Å²) in [6.45, 7) is 0. The summed E-state index contributed by atoms with van der Waals surface area (Å²) in [4.78, 5) is 23.9. The van der Waals surface area contributed by atoms with Gasteiger partial charge in [-0.15, -0.1) is 0 Å². The highest BCUT2D eigenvalue weighted by atomic mass is 32.2. The number of aryl methyl sites for hydroxylation is 1. The number of amides is 1. The fraction of sp³-hybridized carbons (Fsp3) is 0.300. The molecule has 0 aliphatic heterocycles. The first kappa shape index (κ1) is 17.7. The SMILES string of the molecule is CS(=O)(=O)c1cc(NC(=O)C2CC23CCc2ccccc23)cc(C(=O)O)c1. The van der Waals surface area contributed by atoms with Gasteiger partial charge in [-0.1, -0.05) is 24.3 Å². The predicted octanol–water partition coefficient (Wildman–Crippen LogP) is 2.63. The molecular formula is C20H19NO5S. The molecule has 1 fully saturated rings. The molecule has 27 heavy (non-hydrogen) atoms. The molecule has 2 aliphatic carbocycles. The van der Waals surface area contributed by atoms with Crippen molar-refractivity contribution in [3.8, 4) is 0 Å². The number of anilines is 1. The van der Waals surface area contributed by atoms with E-state index in [1.54, 1.807) is 0 Å². The van der Waals surface area contributed by atoms with E-state index in [0.717, 1.165) is 31.6 Å². The first-order chi connectivity index (χ1) is 12.7. The van der Waals surface area contributed by atoms with E-state index >= 15 is 0 Å². The zero-order valence-corrected chi connectivity index (χ0v) is 15.5. The van der Waals surface area contributed by atoms with Gasteiger partial charge in [-0.05, 0) is 48.6 Å². The molecule has 2 unspecified atom stereocenters. The zero-order valence-electron chi connectivity index (χ0n) is 14.7. The van der Waals surface area contributed by atoms with Crippen molar-refractivity contribution in [1.29, 1.82) is 0 Å². The van der Waals surface area contributed by atoms with E-state index in [1.807, 2.05) is 12.1 Å². The van der Waals surface area contributed by atoms with Gasteiger partial charge in [0, 0.05) is 23.3 Å². The molecule has 6 nitrogen and oxygen atoms in total. The normalized spacial score (nSPS) is 23.1. The summed E-state index contributed by atoms with van der Waals surface area (Å²) in [6, 6.07) is 11.8. The topological polar surface area (TPSA) is 101 Å². The van der Waals surface area contributed by atoms with Crippen LogP contribution in [0.3, 0.4) is 0 Å². The average molecular weight is 385 g/mol. The molecule has 2 N–H and O–H groups in total. The van der Waals surface area contributed by atoms with Crippen LogP contribution in [0.25, 0.3) is 0 Å². The summed E-state index contributed by atoms with van der Waals surface area (Å²) in [5.74, 6) is -1.63. The van der Waals surface area contributed by atoms with Crippen LogP contribution in [0.2, 0.25) is 0 Å². The number of nitrogens with one attached hydrogen (secondary N) is 1. The highest BCUT2D eigenvalue weighted by Gasteiger charge is 2.61. The van der Waals surface area contributed by atoms with Crippen molar-refractivity contribution in [3.63, 3.8) is 0 Å². The Morgan fingerprint density at radius 1 is 1.19 bits per heavy atom. The lowest BCUT2D eigenvalue weighted by Crippen LogP contribution is -2.20. The number of hydrogen-bond donors (Lipinski definition) is 2. The van der Waals surface area contributed by atoms with Gasteiger partial charge in [0.1, 0.15) is 0 Å². The van der Waals surface area contributed by atoms with Gasteiger partial charge in [0.05, 0.1) is 10.5 Å². The minimum atomic E-state index is -3.60.